The van der Waals surface area contributed by atoms with E-state index in [-0.39, 0.29) is 18.2 Å². The van der Waals surface area contributed by atoms with Gasteiger partial charge in [-0.25, -0.2) is 0 Å². The standard InChI is InChI=1S/C15H28N2O2/c1-2-8-15(9-5-10-16-15)14(19)17-11-4-3-6-13(17)7-12-18/h13,16,18H,2-12H2,1H3. The molecule has 2 aliphatic heterocycles. The number of likely N-dealkylation sites (tertiary alicyclic amines) is 1. The lowest BCUT2D eigenvalue weighted by atomic mass is 9.88. The molecule has 0 radical (unpaired) electrons. The molecule has 0 spiro atoms. The Labute approximate surface area is 116 Å². The average Bonchev–Trinajstić information content (AvgIpc) is 2.89. The number of carbonyl (C=O) groups excluding carboxylic acids is 1. The second-order valence-corrected chi connectivity index (χ2v) is 6.02. The summed E-state index contributed by atoms with van der Waals surface area (Å²) in [5, 5.41) is 12.7. The molecule has 4 heteroatoms. The highest BCUT2D eigenvalue weighted by molar-refractivity contribution is 5.87. The fourth-order valence-corrected chi connectivity index (χ4v) is 3.73. The molecule has 4 nitrogen and oxygen atoms in total. The normalized spacial score (nSPS) is 31.7. The number of rotatable bonds is 5. The Morgan fingerprint density at radius 1 is 1.42 bits per heavy atom. The lowest BCUT2D eigenvalue weighted by molar-refractivity contribution is -0.142. The third-order valence-electron chi connectivity index (χ3n) is 4.68. The van der Waals surface area contributed by atoms with Crippen molar-refractivity contribution in [2.24, 2.45) is 0 Å². The van der Waals surface area contributed by atoms with Crippen molar-refractivity contribution in [1.82, 2.24) is 10.2 Å². The van der Waals surface area contributed by atoms with Gasteiger partial charge in [0, 0.05) is 19.2 Å². The first-order valence-corrected chi connectivity index (χ1v) is 7.90. The van der Waals surface area contributed by atoms with E-state index >= 15 is 0 Å². The maximum Gasteiger partial charge on any atom is 0.243 e. The van der Waals surface area contributed by atoms with Gasteiger partial charge in [-0.2, -0.15) is 0 Å². The van der Waals surface area contributed by atoms with Crippen molar-refractivity contribution >= 4 is 5.91 Å². The van der Waals surface area contributed by atoms with Crippen LogP contribution in [0.1, 0.15) is 58.3 Å². The van der Waals surface area contributed by atoms with Gasteiger partial charge < -0.3 is 15.3 Å². The monoisotopic (exact) mass is 268 g/mol. The minimum Gasteiger partial charge on any atom is -0.396 e. The van der Waals surface area contributed by atoms with Crippen LogP contribution in [0.4, 0.5) is 0 Å². The van der Waals surface area contributed by atoms with Gasteiger partial charge >= 0.3 is 0 Å². The van der Waals surface area contributed by atoms with Crippen LogP contribution in [-0.4, -0.2) is 47.2 Å². The number of carbonyl (C=O) groups is 1. The van der Waals surface area contributed by atoms with Gasteiger partial charge in [-0.15, -0.1) is 0 Å². The van der Waals surface area contributed by atoms with E-state index in [1.807, 2.05) is 0 Å². The Balaban J connectivity index is 2.10. The zero-order valence-electron chi connectivity index (χ0n) is 12.2. The predicted octanol–water partition coefficient (Wildman–Crippen LogP) is 1.67. The van der Waals surface area contributed by atoms with Crippen LogP contribution >= 0.6 is 0 Å². The van der Waals surface area contributed by atoms with E-state index in [4.69, 9.17) is 0 Å². The summed E-state index contributed by atoms with van der Waals surface area (Å²) in [4.78, 5) is 15.0. The zero-order chi connectivity index (χ0) is 13.7. The third kappa shape index (κ3) is 3.11. The van der Waals surface area contributed by atoms with E-state index in [2.05, 4.69) is 17.1 Å². The Morgan fingerprint density at radius 2 is 2.26 bits per heavy atom. The number of hydrogen-bond donors (Lipinski definition) is 2. The Kier molecular flexibility index (Phi) is 5.22. The van der Waals surface area contributed by atoms with Crippen LogP contribution in [0.2, 0.25) is 0 Å². The van der Waals surface area contributed by atoms with Crippen LogP contribution in [0, 0.1) is 0 Å². The van der Waals surface area contributed by atoms with Crippen molar-refractivity contribution in [2.75, 3.05) is 19.7 Å². The Bertz CT molecular complexity index is 299. The van der Waals surface area contributed by atoms with E-state index in [9.17, 15) is 9.90 Å². The number of amides is 1. The lowest BCUT2D eigenvalue weighted by Crippen LogP contribution is -2.58. The molecule has 2 atom stereocenters. The molecule has 0 saturated carbocycles. The van der Waals surface area contributed by atoms with Gasteiger partial charge in [-0.3, -0.25) is 4.79 Å². The topological polar surface area (TPSA) is 52.6 Å². The van der Waals surface area contributed by atoms with E-state index in [1.165, 1.54) is 6.42 Å². The van der Waals surface area contributed by atoms with E-state index in [0.717, 1.165) is 58.0 Å². The van der Waals surface area contributed by atoms with Gasteiger partial charge in [0.2, 0.25) is 5.91 Å². The summed E-state index contributed by atoms with van der Waals surface area (Å²) in [6.07, 6.45) is 8.12. The van der Waals surface area contributed by atoms with Crippen LogP contribution in [0.3, 0.4) is 0 Å². The smallest absolute Gasteiger partial charge is 0.243 e. The quantitative estimate of drug-likeness (QED) is 0.797. The average molecular weight is 268 g/mol. The fraction of sp³-hybridized carbons (Fsp3) is 0.933. The molecule has 0 aromatic rings. The number of piperidine rings is 1. The fourth-order valence-electron chi connectivity index (χ4n) is 3.73. The van der Waals surface area contributed by atoms with Gasteiger partial charge in [0.25, 0.3) is 0 Å². The molecule has 0 aromatic heterocycles. The number of hydrogen-bond acceptors (Lipinski definition) is 3. The van der Waals surface area contributed by atoms with Crippen LogP contribution in [0.5, 0.6) is 0 Å². The molecule has 2 fully saturated rings. The number of nitrogens with one attached hydrogen (secondary N) is 1. The number of nitrogens with zero attached hydrogens (tertiary/aromatic N) is 1. The van der Waals surface area contributed by atoms with Gasteiger partial charge in [0.05, 0.1) is 5.54 Å². The van der Waals surface area contributed by atoms with Crippen molar-refractivity contribution in [3.8, 4) is 0 Å². The van der Waals surface area contributed by atoms with E-state index in [0.29, 0.717) is 5.91 Å². The third-order valence-corrected chi connectivity index (χ3v) is 4.68. The molecular formula is C15H28N2O2. The van der Waals surface area contributed by atoms with Crippen LogP contribution < -0.4 is 5.32 Å². The maximum absolute atomic E-state index is 13.0. The Hall–Kier alpha value is -0.610. The minimum atomic E-state index is -0.306. The van der Waals surface area contributed by atoms with E-state index < -0.39 is 0 Å². The summed E-state index contributed by atoms with van der Waals surface area (Å²) in [6.45, 7) is 4.17. The summed E-state index contributed by atoms with van der Waals surface area (Å²) in [7, 11) is 0. The number of aliphatic hydroxyl groups is 1. The number of aliphatic hydroxyl groups excluding tert-OH is 1. The first-order chi connectivity index (χ1) is 9.23. The highest BCUT2D eigenvalue weighted by Crippen LogP contribution is 2.30. The van der Waals surface area contributed by atoms with Crippen molar-refractivity contribution in [3.05, 3.63) is 0 Å². The van der Waals surface area contributed by atoms with Gasteiger partial charge in [0.1, 0.15) is 0 Å². The molecule has 2 N–H and O–H groups in total. The largest absolute Gasteiger partial charge is 0.396 e. The first-order valence-electron chi connectivity index (χ1n) is 7.90. The van der Waals surface area contributed by atoms with Crippen LogP contribution in [0.25, 0.3) is 0 Å². The predicted molar refractivity (Wildman–Crippen MR) is 75.9 cm³/mol. The highest BCUT2D eigenvalue weighted by atomic mass is 16.3. The summed E-state index contributed by atoms with van der Waals surface area (Å²) in [5.41, 5.74) is -0.306. The second kappa shape index (κ2) is 6.71. The van der Waals surface area contributed by atoms with Crippen LogP contribution in [0.15, 0.2) is 0 Å². The Morgan fingerprint density at radius 3 is 2.89 bits per heavy atom. The minimum absolute atomic E-state index is 0.183. The molecule has 2 rings (SSSR count). The van der Waals surface area contributed by atoms with E-state index in [1.54, 1.807) is 0 Å². The van der Waals surface area contributed by atoms with Gasteiger partial charge in [-0.1, -0.05) is 13.3 Å². The van der Waals surface area contributed by atoms with Crippen molar-refractivity contribution < 1.29 is 9.90 Å². The SMILES string of the molecule is CCCC1(C(=O)N2CCCCC2CCO)CCCN1. The lowest BCUT2D eigenvalue weighted by Gasteiger charge is -2.41. The molecule has 19 heavy (non-hydrogen) atoms. The summed E-state index contributed by atoms with van der Waals surface area (Å²) >= 11 is 0. The van der Waals surface area contributed by atoms with Crippen LogP contribution in [-0.2, 0) is 4.79 Å². The van der Waals surface area contributed by atoms with Crippen molar-refractivity contribution in [1.29, 1.82) is 0 Å². The molecule has 2 unspecified atom stereocenters. The zero-order valence-corrected chi connectivity index (χ0v) is 12.2. The van der Waals surface area contributed by atoms with Gasteiger partial charge in [-0.05, 0) is 51.5 Å². The van der Waals surface area contributed by atoms with Crippen molar-refractivity contribution in [3.63, 3.8) is 0 Å². The molecule has 2 heterocycles. The second-order valence-electron chi connectivity index (χ2n) is 6.02. The first kappa shape index (κ1) is 14.8. The molecule has 110 valence electrons. The molecule has 0 bridgehead atoms. The highest BCUT2D eigenvalue weighted by Gasteiger charge is 2.44. The summed E-state index contributed by atoms with van der Waals surface area (Å²) in [5.74, 6) is 0.296. The molecule has 2 saturated heterocycles. The van der Waals surface area contributed by atoms with Crippen molar-refractivity contribution in [2.45, 2.75) is 69.9 Å². The summed E-state index contributed by atoms with van der Waals surface area (Å²) < 4.78 is 0. The molecular weight excluding hydrogens is 240 g/mol. The molecule has 1 amide bonds. The molecule has 0 aliphatic carbocycles. The maximum atomic E-state index is 13.0. The van der Waals surface area contributed by atoms with Gasteiger partial charge in [0.15, 0.2) is 0 Å². The molecule has 2 aliphatic rings. The summed E-state index contributed by atoms with van der Waals surface area (Å²) in [6, 6.07) is 0.252. The molecule has 0 aromatic carbocycles.